The van der Waals surface area contributed by atoms with Gasteiger partial charge in [-0.2, -0.15) is 0 Å². The van der Waals surface area contributed by atoms with Crippen LogP contribution >= 0.6 is 0 Å². The van der Waals surface area contributed by atoms with Crippen molar-refractivity contribution in [3.05, 3.63) is 23.9 Å². The minimum Gasteiger partial charge on any atom is -0.357 e. The maximum Gasteiger partial charge on any atom is 0.191 e. The molecule has 1 aliphatic carbocycles. The number of hydrogen-bond acceptors (Lipinski definition) is 3. The molecule has 0 bridgehead atoms. The number of hydrogen-bond donors (Lipinski definition) is 2. The minimum atomic E-state index is 0.559. The molecule has 5 nitrogen and oxygen atoms in total. The minimum absolute atomic E-state index is 0.559. The first-order valence-electron chi connectivity index (χ1n) is 9.91. The maximum absolute atomic E-state index is 4.56. The topological polar surface area (TPSA) is 52.6 Å². The van der Waals surface area contributed by atoms with Gasteiger partial charge in [-0.15, -0.1) is 0 Å². The second kappa shape index (κ2) is 9.07. The third-order valence-electron chi connectivity index (χ3n) is 5.53. The number of anilines is 1. The number of nitrogens with zero attached hydrogens (tertiary/aromatic N) is 3. The molecule has 1 aromatic heterocycles. The van der Waals surface area contributed by atoms with Crippen LogP contribution in [0, 0.1) is 5.92 Å². The summed E-state index contributed by atoms with van der Waals surface area (Å²) in [5.74, 6) is 2.90. The van der Waals surface area contributed by atoms with Gasteiger partial charge in [-0.3, -0.25) is 4.99 Å². The summed E-state index contributed by atoms with van der Waals surface area (Å²) >= 11 is 0. The van der Waals surface area contributed by atoms with Crippen molar-refractivity contribution < 1.29 is 0 Å². The normalized spacial score (nSPS) is 24.9. The lowest BCUT2D eigenvalue weighted by Crippen LogP contribution is -2.44. The van der Waals surface area contributed by atoms with Crippen LogP contribution in [0.3, 0.4) is 0 Å². The third-order valence-corrected chi connectivity index (χ3v) is 5.53. The van der Waals surface area contributed by atoms with Gasteiger partial charge in [-0.1, -0.05) is 6.92 Å². The molecule has 1 aromatic rings. The van der Waals surface area contributed by atoms with Gasteiger partial charge in [0.2, 0.25) is 0 Å². The molecule has 138 valence electrons. The van der Waals surface area contributed by atoms with Crippen LogP contribution in [0.4, 0.5) is 5.82 Å². The highest BCUT2D eigenvalue weighted by Gasteiger charge is 2.19. The molecule has 0 amide bonds. The van der Waals surface area contributed by atoms with E-state index in [4.69, 9.17) is 0 Å². The van der Waals surface area contributed by atoms with E-state index >= 15 is 0 Å². The highest BCUT2D eigenvalue weighted by Crippen LogP contribution is 2.23. The molecule has 2 N–H and O–H groups in total. The summed E-state index contributed by atoms with van der Waals surface area (Å²) in [6, 6.07) is 4.87. The summed E-state index contributed by atoms with van der Waals surface area (Å²) in [5, 5.41) is 7.05. The second-order valence-electron chi connectivity index (χ2n) is 7.60. The molecule has 2 aliphatic rings. The van der Waals surface area contributed by atoms with Crippen molar-refractivity contribution in [2.75, 3.05) is 25.0 Å². The molecule has 3 rings (SSSR count). The molecule has 1 aliphatic heterocycles. The average molecular weight is 344 g/mol. The largest absolute Gasteiger partial charge is 0.357 e. The van der Waals surface area contributed by atoms with Crippen molar-refractivity contribution >= 4 is 11.8 Å². The lowest BCUT2D eigenvalue weighted by molar-refractivity contribution is 0.329. The number of rotatable bonds is 4. The Morgan fingerprint density at radius 3 is 2.68 bits per heavy atom. The van der Waals surface area contributed by atoms with E-state index in [9.17, 15) is 0 Å². The Kier molecular flexibility index (Phi) is 6.54. The summed E-state index contributed by atoms with van der Waals surface area (Å²) in [7, 11) is 1.85. The predicted molar refractivity (Wildman–Crippen MR) is 105 cm³/mol. The van der Waals surface area contributed by atoms with Crippen molar-refractivity contribution in [1.29, 1.82) is 0 Å². The zero-order chi connectivity index (χ0) is 17.5. The Bertz CT molecular complexity index is 557. The van der Waals surface area contributed by atoms with Crippen LogP contribution in [0.25, 0.3) is 0 Å². The molecule has 1 saturated heterocycles. The van der Waals surface area contributed by atoms with Crippen molar-refractivity contribution in [1.82, 2.24) is 15.6 Å². The maximum atomic E-state index is 4.56. The smallest absolute Gasteiger partial charge is 0.191 e. The first kappa shape index (κ1) is 18.0. The number of guanidine groups is 1. The van der Waals surface area contributed by atoms with Crippen molar-refractivity contribution in [2.24, 2.45) is 10.9 Å². The molecule has 1 saturated carbocycles. The van der Waals surface area contributed by atoms with E-state index in [2.05, 4.69) is 44.6 Å². The Hall–Kier alpha value is -1.78. The Labute approximate surface area is 152 Å². The van der Waals surface area contributed by atoms with E-state index in [1.165, 1.54) is 50.5 Å². The van der Waals surface area contributed by atoms with E-state index < -0.39 is 0 Å². The molecular weight excluding hydrogens is 310 g/mol. The van der Waals surface area contributed by atoms with Crippen molar-refractivity contribution in [3.8, 4) is 0 Å². The summed E-state index contributed by atoms with van der Waals surface area (Å²) in [6.45, 7) is 5.40. The summed E-state index contributed by atoms with van der Waals surface area (Å²) in [4.78, 5) is 11.4. The van der Waals surface area contributed by atoms with Gasteiger partial charge in [0.05, 0.1) is 0 Å². The van der Waals surface area contributed by atoms with Crippen LogP contribution in [-0.4, -0.2) is 37.1 Å². The van der Waals surface area contributed by atoms with E-state index in [-0.39, 0.29) is 0 Å². The Morgan fingerprint density at radius 1 is 1.20 bits per heavy atom. The lowest BCUT2D eigenvalue weighted by atomic mass is 9.87. The number of piperidine rings is 1. The summed E-state index contributed by atoms with van der Waals surface area (Å²) < 4.78 is 0. The lowest BCUT2D eigenvalue weighted by Gasteiger charge is -2.29. The molecule has 2 fully saturated rings. The van der Waals surface area contributed by atoms with Gasteiger partial charge < -0.3 is 15.5 Å². The van der Waals surface area contributed by atoms with Crippen LogP contribution in [0.1, 0.15) is 57.4 Å². The van der Waals surface area contributed by atoms with Crippen LogP contribution in [-0.2, 0) is 6.54 Å². The fraction of sp³-hybridized carbons (Fsp3) is 0.700. The van der Waals surface area contributed by atoms with E-state index in [1.54, 1.807) is 0 Å². The number of aliphatic imine (C=N–C) groups is 1. The Balaban J connectivity index is 1.51. The van der Waals surface area contributed by atoms with Crippen molar-refractivity contribution in [2.45, 2.75) is 64.5 Å². The zero-order valence-corrected chi connectivity index (χ0v) is 15.8. The first-order valence-corrected chi connectivity index (χ1v) is 9.91. The fourth-order valence-corrected chi connectivity index (χ4v) is 3.84. The molecule has 25 heavy (non-hydrogen) atoms. The van der Waals surface area contributed by atoms with Gasteiger partial charge in [-0.25, -0.2) is 4.98 Å². The molecule has 0 spiro atoms. The van der Waals surface area contributed by atoms with Crippen LogP contribution in [0.5, 0.6) is 0 Å². The Morgan fingerprint density at radius 2 is 1.96 bits per heavy atom. The quantitative estimate of drug-likeness (QED) is 0.650. The standard InChI is InChI=1S/C20H33N5/c1-16-6-8-18(9-7-16)24-20(21-2)23-15-17-10-11-22-19(14-17)25-12-4-3-5-13-25/h10-11,14,16,18H,3-9,12-13,15H2,1-2H3,(H2,21,23,24). The second-order valence-corrected chi connectivity index (χ2v) is 7.60. The predicted octanol–water partition coefficient (Wildman–Crippen LogP) is 3.32. The van der Waals surface area contributed by atoms with Gasteiger partial charge in [0.1, 0.15) is 5.82 Å². The van der Waals surface area contributed by atoms with E-state index in [1.807, 2.05) is 13.2 Å². The monoisotopic (exact) mass is 343 g/mol. The molecular formula is C20H33N5. The highest BCUT2D eigenvalue weighted by molar-refractivity contribution is 5.80. The van der Waals surface area contributed by atoms with Crippen LogP contribution in [0.2, 0.25) is 0 Å². The average Bonchev–Trinajstić information content (AvgIpc) is 2.67. The van der Waals surface area contributed by atoms with Crippen molar-refractivity contribution in [3.63, 3.8) is 0 Å². The van der Waals surface area contributed by atoms with E-state index in [0.717, 1.165) is 37.3 Å². The molecule has 0 radical (unpaired) electrons. The van der Waals surface area contributed by atoms with E-state index in [0.29, 0.717) is 6.04 Å². The van der Waals surface area contributed by atoms with Crippen LogP contribution < -0.4 is 15.5 Å². The number of pyridine rings is 1. The number of aromatic nitrogens is 1. The third kappa shape index (κ3) is 5.35. The molecule has 0 aromatic carbocycles. The van der Waals surface area contributed by atoms with Crippen LogP contribution in [0.15, 0.2) is 23.3 Å². The summed E-state index contributed by atoms with van der Waals surface area (Å²) in [6.07, 6.45) is 11.0. The molecule has 0 unspecified atom stereocenters. The fourth-order valence-electron chi connectivity index (χ4n) is 3.84. The zero-order valence-electron chi connectivity index (χ0n) is 15.8. The highest BCUT2D eigenvalue weighted by atomic mass is 15.2. The van der Waals surface area contributed by atoms with Gasteiger partial charge in [0.25, 0.3) is 0 Å². The summed E-state index contributed by atoms with van der Waals surface area (Å²) in [5.41, 5.74) is 1.26. The SMILES string of the molecule is CN=C(NCc1ccnc(N2CCCCC2)c1)NC1CCC(C)CC1. The number of nitrogens with one attached hydrogen (secondary N) is 2. The van der Waals surface area contributed by atoms with Gasteiger partial charge in [0, 0.05) is 38.9 Å². The van der Waals surface area contributed by atoms with Gasteiger partial charge in [-0.05, 0) is 68.6 Å². The molecule has 0 atom stereocenters. The first-order chi connectivity index (χ1) is 12.2. The van der Waals surface area contributed by atoms with Gasteiger partial charge >= 0.3 is 0 Å². The molecule has 2 heterocycles. The van der Waals surface area contributed by atoms with Gasteiger partial charge in [0.15, 0.2) is 5.96 Å². The molecule has 5 heteroatoms.